The van der Waals surface area contributed by atoms with Gasteiger partial charge < -0.3 is 14.7 Å². The van der Waals surface area contributed by atoms with Crippen LogP contribution in [0.4, 0.5) is 0 Å². The summed E-state index contributed by atoms with van der Waals surface area (Å²) in [6.07, 6.45) is 4.69. The molecule has 0 aliphatic carbocycles. The molecule has 134 valence electrons. The van der Waals surface area contributed by atoms with Crippen LogP contribution >= 0.6 is 0 Å². The van der Waals surface area contributed by atoms with Crippen LogP contribution in [-0.2, 0) is 16.1 Å². The van der Waals surface area contributed by atoms with Gasteiger partial charge in [0.15, 0.2) is 0 Å². The molecule has 1 aliphatic heterocycles. The van der Waals surface area contributed by atoms with Gasteiger partial charge in [-0.15, -0.1) is 0 Å². The number of carbonyl (C=O) groups is 2. The fraction of sp³-hybridized carbons (Fsp3) is 0.706. The summed E-state index contributed by atoms with van der Waals surface area (Å²) >= 11 is 0. The summed E-state index contributed by atoms with van der Waals surface area (Å²) in [5.74, 6) is 1.01. The normalized spacial score (nSPS) is 15.6. The van der Waals surface area contributed by atoms with E-state index in [2.05, 4.69) is 10.5 Å². The van der Waals surface area contributed by atoms with E-state index in [0.717, 1.165) is 50.2 Å². The molecule has 0 atom stereocenters. The van der Waals surface area contributed by atoms with Crippen LogP contribution in [0.5, 0.6) is 0 Å². The standard InChI is InChI=1S/C17H28N4O3/c1-14-11-15(19-24-14)12-20(2)13-16(22)18-8-6-10-21-9-5-3-4-7-17(21)23/h11H,3-10,12-13H2,1-2H3,(H,18,22). The topological polar surface area (TPSA) is 78.7 Å². The van der Waals surface area contributed by atoms with Crippen LogP contribution in [0.2, 0.25) is 0 Å². The summed E-state index contributed by atoms with van der Waals surface area (Å²) in [4.78, 5) is 27.6. The molecule has 1 aliphatic rings. The molecule has 24 heavy (non-hydrogen) atoms. The van der Waals surface area contributed by atoms with E-state index >= 15 is 0 Å². The van der Waals surface area contributed by atoms with Crippen molar-refractivity contribution in [1.29, 1.82) is 0 Å². The molecule has 0 unspecified atom stereocenters. The van der Waals surface area contributed by atoms with E-state index in [1.165, 1.54) is 0 Å². The first-order chi connectivity index (χ1) is 11.5. The van der Waals surface area contributed by atoms with Crippen molar-refractivity contribution in [2.24, 2.45) is 0 Å². The number of nitrogens with zero attached hydrogens (tertiary/aromatic N) is 3. The Morgan fingerprint density at radius 1 is 1.42 bits per heavy atom. The van der Waals surface area contributed by atoms with Crippen LogP contribution in [0.1, 0.15) is 43.6 Å². The van der Waals surface area contributed by atoms with Gasteiger partial charge in [-0.25, -0.2) is 0 Å². The van der Waals surface area contributed by atoms with E-state index in [1.807, 2.05) is 29.8 Å². The quantitative estimate of drug-likeness (QED) is 0.725. The molecule has 7 nitrogen and oxygen atoms in total. The summed E-state index contributed by atoms with van der Waals surface area (Å²) in [6.45, 7) is 4.92. The number of aryl methyl sites for hydroxylation is 1. The summed E-state index contributed by atoms with van der Waals surface area (Å²) in [5, 5.41) is 6.83. The van der Waals surface area contributed by atoms with Crippen molar-refractivity contribution in [2.45, 2.75) is 45.6 Å². The van der Waals surface area contributed by atoms with Crippen molar-refractivity contribution < 1.29 is 14.1 Å². The first-order valence-electron chi connectivity index (χ1n) is 8.70. The fourth-order valence-corrected chi connectivity index (χ4v) is 2.90. The van der Waals surface area contributed by atoms with E-state index < -0.39 is 0 Å². The minimum atomic E-state index is -0.0140. The molecule has 2 amide bonds. The molecule has 0 spiro atoms. The number of carbonyl (C=O) groups excluding carboxylic acids is 2. The van der Waals surface area contributed by atoms with Gasteiger partial charge in [-0.2, -0.15) is 0 Å². The number of amides is 2. The Hall–Kier alpha value is -1.89. The lowest BCUT2D eigenvalue weighted by molar-refractivity contribution is -0.130. The third-order valence-corrected chi connectivity index (χ3v) is 4.12. The molecule has 0 saturated carbocycles. The number of hydrogen-bond acceptors (Lipinski definition) is 5. The van der Waals surface area contributed by atoms with Gasteiger partial charge in [0.25, 0.3) is 0 Å². The monoisotopic (exact) mass is 336 g/mol. The lowest BCUT2D eigenvalue weighted by atomic mass is 10.2. The van der Waals surface area contributed by atoms with Gasteiger partial charge in [0.1, 0.15) is 5.76 Å². The zero-order valence-corrected chi connectivity index (χ0v) is 14.7. The van der Waals surface area contributed by atoms with Gasteiger partial charge in [0.2, 0.25) is 11.8 Å². The van der Waals surface area contributed by atoms with Crippen LogP contribution in [0.25, 0.3) is 0 Å². The zero-order valence-electron chi connectivity index (χ0n) is 14.7. The van der Waals surface area contributed by atoms with Crippen LogP contribution in [0, 0.1) is 6.92 Å². The second-order valence-corrected chi connectivity index (χ2v) is 6.50. The Morgan fingerprint density at radius 3 is 3.00 bits per heavy atom. The fourth-order valence-electron chi connectivity index (χ4n) is 2.90. The SMILES string of the molecule is Cc1cc(CN(C)CC(=O)NCCCN2CCCCCC2=O)no1. The molecule has 1 aromatic heterocycles. The van der Waals surface area contributed by atoms with Crippen molar-refractivity contribution in [3.05, 3.63) is 17.5 Å². The highest BCUT2D eigenvalue weighted by atomic mass is 16.5. The maximum Gasteiger partial charge on any atom is 0.234 e. The highest BCUT2D eigenvalue weighted by Gasteiger charge is 2.16. The second-order valence-electron chi connectivity index (χ2n) is 6.50. The summed E-state index contributed by atoms with van der Waals surface area (Å²) in [7, 11) is 1.87. The summed E-state index contributed by atoms with van der Waals surface area (Å²) < 4.78 is 5.02. The maximum atomic E-state index is 11.9. The first-order valence-corrected chi connectivity index (χ1v) is 8.70. The Balaban J connectivity index is 1.59. The highest BCUT2D eigenvalue weighted by Crippen LogP contribution is 2.11. The molecule has 2 rings (SSSR count). The van der Waals surface area contributed by atoms with Crippen molar-refractivity contribution in [3.8, 4) is 0 Å². The molecular formula is C17H28N4O3. The van der Waals surface area contributed by atoms with Crippen molar-refractivity contribution in [3.63, 3.8) is 0 Å². The lowest BCUT2D eigenvalue weighted by Crippen LogP contribution is -2.37. The first kappa shape index (κ1) is 18.4. The summed E-state index contributed by atoms with van der Waals surface area (Å²) in [5.41, 5.74) is 0.822. The molecule has 1 saturated heterocycles. The average molecular weight is 336 g/mol. The van der Waals surface area contributed by atoms with Gasteiger partial charge in [-0.1, -0.05) is 11.6 Å². The van der Waals surface area contributed by atoms with E-state index in [-0.39, 0.29) is 11.8 Å². The van der Waals surface area contributed by atoms with E-state index in [1.54, 1.807) is 0 Å². The van der Waals surface area contributed by atoms with Crippen molar-refractivity contribution in [1.82, 2.24) is 20.3 Å². The number of rotatable bonds is 8. The molecular weight excluding hydrogens is 308 g/mol. The molecule has 0 radical (unpaired) electrons. The number of aromatic nitrogens is 1. The van der Waals surface area contributed by atoms with Crippen LogP contribution in [0.15, 0.2) is 10.6 Å². The Labute approximate surface area is 143 Å². The highest BCUT2D eigenvalue weighted by molar-refractivity contribution is 5.78. The van der Waals surface area contributed by atoms with Gasteiger partial charge in [0.05, 0.1) is 12.2 Å². The number of nitrogens with one attached hydrogen (secondary N) is 1. The van der Waals surface area contributed by atoms with Gasteiger partial charge in [0, 0.05) is 38.7 Å². The minimum Gasteiger partial charge on any atom is -0.361 e. The molecule has 1 aromatic rings. The lowest BCUT2D eigenvalue weighted by Gasteiger charge is -2.20. The second kappa shape index (κ2) is 9.42. The van der Waals surface area contributed by atoms with Crippen molar-refractivity contribution in [2.75, 3.05) is 33.2 Å². The van der Waals surface area contributed by atoms with Crippen LogP contribution in [-0.4, -0.2) is 60.0 Å². The molecule has 1 N–H and O–H groups in total. The Bertz CT molecular complexity index is 544. The van der Waals surface area contributed by atoms with E-state index in [9.17, 15) is 9.59 Å². The average Bonchev–Trinajstić information content (AvgIpc) is 2.81. The van der Waals surface area contributed by atoms with Gasteiger partial charge in [-0.3, -0.25) is 14.5 Å². The Morgan fingerprint density at radius 2 is 2.25 bits per heavy atom. The largest absolute Gasteiger partial charge is 0.361 e. The summed E-state index contributed by atoms with van der Waals surface area (Å²) in [6, 6.07) is 1.87. The van der Waals surface area contributed by atoms with Crippen LogP contribution < -0.4 is 5.32 Å². The Kier molecular flexibility index (Phi) is 7.24. The maximum absolute atomic E-state index is 11.9. The van der Waals surface area contributed by atoms with E-state index in [0.29, 0.717) is 26.1 Å². The minimum absolute atomic E-state index is 0.0140. The third-order valence-electron chi connectivity index (χ3n) is 4.12. The smallest absolute Gasteiger partial charge is 0.234 e. The number of likely N-dealkylation sites (N-methyl/N-ethyl adjacent to an activating group) is 1. The molecule has 0 bridgehead atoms. The molecule has 2 heterocycles. The molecule has 0 aromatic carbocycles. The van der Waals surface area contributed by atoms with E-state index in [4.69, 9.17) is 4.52 Å². The van der Waals surface area contributed by atoms with Crippen LogP contribution in [0.3, 0.4) is 0 Å². The van der Waals surface area contributed by atoms with Gasteiger partial charge >= 0.3 is 0 Å². The molecule has 1 fully saturated rings. The number of hydrogen-bond donors (Lipinski definition) is 1. The van der Waals surface area contributed by atoms with Crippen molar-refractivity contribution >= 4 is 11.8 Å². The molecule has 7 heteroatoms. The zero-order chi connectivity index (χ0) is 17.4. The third kappa shape index (κ3) is 6.31. The predicted molar refractivity (Wildman–Crippen MR) is 90.2 cm³/mol. The number of likely N-dealkylation sites (tertiary alicyclic amines) is 1. The van der Waals surface area contributed by atoms with Gasteiger partial charge in [-0.05, 0) is 33.2 Å². The predicted octanol–water partition coefficient (Wildman–Crippen LogP) is 1.32.